The molecule has 0 saturated heterocycles. The molecule has 10 aromatic carbocycles. The van der Waals surface area contributed by atoms with E-state index in [0.717, 1.165) is 17.1 Å². The van der Waals surface area contributed by atoms with Gasteiger partial charge in [0.25, 0.3) is 0 Å². The number of nitrogens with zero attached hydrogens (tertiary/aromatic N) is 3. The Balaban J connectivity index is 1.05. The summed E-state index contributed by atoms with van der Waals surface area (Å²) in [6.45, 7) is 0. The molecule has 0 unspecified atom stereocenters. The second-order valence-corrected chi connectivity index (χ2v) is 16.1. The molecule has 0 aliphatic heterocycles. The molecular weight excluding hydrogens is 739 g/mol. The van der Waals surface area contributed by atoms with Crippen LogP contribution in [0.1, 0.15) is 0 Å². The van der Waals surface area contributed by atoms with Gasteiger partial charge in [-0.2, -0.15) is 0 Å². The summed E-state index contributed by atoms with van der Waals surface area (Å²) in [7, 11) is 0. The standard InChI is InChI=1S/C58H37N3/c1-3-14-38(15-4-1)41-18-13-21-45(34-41)60-52-24-11-9-22-47(52)50-36-42(27-31-54(50)60)43-28-32-55-51(37-43)48-30-33-56-57(49-23-10-12-25-53(49)59(56)44-19-5-2-6-20-44)58(48)61(55)46-29-26-39-16-7-8-17-40(39)35-46/h1-37H. The second-order valence-electron chi connectivity index (χ2n) is 16.1. The number of para-hydroxylation sites is 3. The number of hydrogen-bond donors (Lipinski definition) is 0. The van der Waals surface area contributed by atoms with Gasteiger partial charge in [0, 0.05) is 49.4 Å². The summed E-state index contributed by atoms with van der Waals surface area (Å²) in [4.78, 5) is 0. The van der Waals surface area contributed by atoms with Crippen molar-refractivity contribution in [2.75, 3.05) is 0 Å². The summed E-state index contributed by atoms with van der Waals surface area (Å²) < 4.78 is 7.34. The molecule has 0 amide bonds. The zero-order chi connectivity index (χ0) is 40.0. The van der Waals surface area contributed by atoms with E-state index in [1.807, 2.05) is 0 Å². The van der Waals surface area contributed by atoms with Gasteiger partial charge in [0.1, 0.15) is 0 Å². The number of fused-ring (bicyclic) bond motifs is 11. The van der Waals surface area contributed by atoms with Crippen LogP contribution in [0.25, 0.3) is 116 Å². The van der Waals surface area contributed by atoms with E-state index in [4.69, 9.17) is 0 Å². The normalized spacial score (nSPS) is 11.9. The van der Waals surface area contributed by atoms with Crippen molar-refractivity contribution in [1.29, 1.82) is 0 Å². The van der Waals surface area contributed by atoms with Crippen molar-refractivity contribution in [1.82, 2.24) is 13.7 Å². The van der Waals surface area contributed by atoms with Gasteiger partial charge < -0.3 is 13.7 Å². The molecule has 3 nitrogen and oxygen atoms in total. The molecule has 0 aliphatic carbocycles. The Morgan fingerprint density at radius 3 is 1.54 bits per heavy atom. The predicted octanol–water partition coefficient (Wildman–Crippen LogP) is 15.5. The average molecular weight is 776 g/mol. The van der Waals surface area contributed by atoms with Crippen LogP contribution in [0, 0.1) is 0 Å². The summed E-state index contributed by atoms with van der Waals surface area (Å²) >= 11 is 0. The fourth-order valence-electron chi connectivity index (χ4n) is 10.1. The number of benzene rings is 10. The van der Waals surface area contributed by atoms with Gasteiger partial charge in [-0.25, -0.2) is 0 Å². The predicted molar refractivity (Wildman–Crippen MR) is 258 cm³/mol. The Kier molecular flexibility index (Phi) is 7.31. The zero-order valence-corrected chi connectivity index (χ0v) is 33.2. The molecule has 0 spiro atoms. The molecule has 0 aliphatic rings. The number of rotatable bonds is 5. The monoisotopic (exact) mass is 775 g/mol. The molecule has 3 heteroatoms. The Hall–Kier alpha value is -8.14. The summed E-state index contributed by atoms with van der Waals surface area (Å²) in [5.41, 5.74) is 15.5. The SMILES string of the molecule is c1ccc(-c2cccc(-n3c4ccccc4c4cc(-c5ccc6c(c5)c5ccc7c(c8ccccc8n7-c7ccccc7)c5n6-c5ccc6ccccc6c5)ccc43)c2)cc1. The quantitative estimate of drug-likeness (QED) is 0.165. The van der Waals surface area contributed by atoms with Crippen molar-refractivity contribution in [2.24, 2.45) is 0 Å². The van der Waals surface area contributed by atoms with E-state index in [0.29, 0.717) is 0 Å². The van der Waals surface area contributed by atoms with Crippen molar-refractivity contribution >= 4 is 76.2 Å². The Morgan fingerprint density at radius 2 is 0.754 bits per heavy atom. The summed E-state index contributed by atoms with van der Waals surface area (Å²) in [5, 5.41) is 9.93. The van der Waals surface area contributed by atoms with E-state index in [2.05, 4.69) is 238 Å². The maximum absolute atomic E-state index is 2.51. The Morgan fingerprint density at radius 1 is 0.230 bits per heavy atom. The molecule has 0 saturated carbocycles. The highest BCUT2D eigenvalue weighted by molar-refractivity contribution is 6.26. The first-order chi connectivity index (χ1) is 30.3. The van der Waals surface area contributed by atoms with Crippen molar-refractivity contribution < 1.29 is 0 Å². The van der Waals surface area contributed by atoms with Gasteiger partial charge in [0.05, 0.1) is 33.1 Å². The number of aromatic nitrogens is 3. The summed E-state index contributed by atoms with van der Waals surface area (Å²) in [5.74, 6) is 0. The highest BCUT2D eigenvalue weighted by atomic mass is 15.0. The lowest BCUT2D eigenvalue weighted by Gasteiger charge is -2.11. The Labute approximate surface area is 352 Å². The molecule has 13 aromatic rings. The van der Waals surface area contributed by atoms with Crippen LogP contribution in [-0.4, -0.2) is 13.7 Å². The molecule has 13 rings (SSSR count). The van der Waals surface area contributed by atoms with Crippen LogP contribution in [0.5, 0.6) is 0 Å². The van der Waals surface area contributed by atoms with Crippen LogP contribution < -0.4 is 0 Å². The van der Waals surface area contributed by atoms with Gasteiger partial charge in [-0.05, 0) is 112 Å². The van der Waals surface area contributed by atoms with E-state index >= 15 is 0 Å². The minimum absolute atomic E-state index is 1.15. The zero-order valence-electron chi connectivity index (χ0n) is 33.2. The van der Waals surface area contributed by atoms with Gasteiger partial charge in [0.15, 0.2) is 0 Å². The van der Waals surface area contributed by atoms with Gasteiger partial charge in [-0.15, -0.1) is 0 Å². The maximum Gasteiger partial charge on any atom is 0.0641 e. The van der Waals surface area contributed by atoms with Crippen molar-refractivity contribution in [2.45, 2.75) is 0 Å². The molecule has 0 atom stereocenters. The third-order valence-electron chi connectivity index (χ3n) is 12.8. The first-order valence-electron chi connectivity index (χ1n) is 21.0. The van der Waals surface area contributed by atoms with Gasteiger partial charge in [-0.1, -0.05) is 146 Å². The van der Waals surface area contributed by atoms with E-state index in [-0.39, 0.29) is 0 Å². The molecule has 284 valence electrons. The maximum atomic E-state index is 2.51. The third-order valence-corrected chi connectivity index (χ3v) is 12.8. The molecule has 0 radical (unpaired) electrons. The minimum Gasteiger partial charge on any atom is -0.309 e. The molecule has 3 aromatic heterocycles. The first kappa shape index (κ1) is 33.8. The van der Waals surface area contributed by atoms with Gasteiger partial charge in [0.2, 0.25) is 0 Å². The fourth-order valence-corrected chi connectivity index (χ4v) is 10.1. The topological polar surface area (TPSA) is 14.8 Å². The van der Waals surface area contributed by atoms with E-state index in [9.17, 15) is 0 Å². The molecular formula is C58H37N3. The molecule has 0 bridgehead atoms. The van der Waals surface area contributed by atoms with Crippen LogP contribution in [0.15, 0.2) is 224 Å². The summed E-state index contributed by atoms with van der Waals surface area (Å²) in [6.07, 6.45) is 0. The highest BCUT2D eigenvalue weighted by Gasteiger charge is 2.22. The van der Waals surface area contributed by atoms with Crippen molar-refractivity contribution in [3.05, 3.63) is 224 Å². The lowest BCUT2D eigenvalue weighted by Crippen LogP contribution is -1.95. The van der Waals surface area contributed by atoms with E-state index in [1.165, 1.54) is 98.4 Å². The summed E-state index contributed by atoms with van der Waals surface area (Å²) in [6, 6.07) is 82.2. The molecule has 3 heterocycles. The molecule has 0 N–H and O–H groups in total. The minimum atomic E-state index is 1.15. The lowest BCUT2D eigenvalue weighted by molar-refractivity contribution is 1.18. The van der Waals surface area contributed by atoms with Crippen LogP contribution >= 0.6 is 0 Å². The van der Waals surface area contributed by atoms with Crippen molar-refractivity contribution in [3.8, 4) is 39.3 Å². The lowest BCUT2D eigenvalue weighted by atomic mass is 10.00. The van der Waals surface area contributed by atoms with Crippen LogP contribution in [-0.2, 0) is 0 Å². The smallest absolute Gasteiger partial charge is 0.0641 e. The van der Waals surface area contributed by atoms with Crippen LogP contribution in [0.2, 0.25) is 0 Å². The van der Waals surface area contributed by atoms with E-state index < -0.39 is 0 Å². The van der Waals surface area contributed by atoms with Gasteiger partial charge >= 0.3 is 0 Å². The second kappa shape index (κ2) is 13.2. The largest absolute Gasteiger partial charge is 0.309 e. The van der Waals surface area contributed by atoms with Crippen molar-refractivity contribution in [3.63, 3.8) is 0 Å². The van der Waals surface area contributed by atoms with Gasteiger partial charge in [-0.3, -0.25) is 0 Å². The molecule has 0 fully saturated rings. The van der Waals surface area contributed by atoms with Crippen LogP contribution in [0.4, 0.5) is 0 Å². The third kappa shape index (κ3) is 5.11. The average Bonchev–Trinajstić information content (AvgIpc) is 3.97. The van der Waals surface area contributed by atoms with Crippen LogP contribution in [0.3, 0.4) is 0 Å². The first-order valence-corrected chi connectivity index (χ1v) is 21.0. The Bertz CT molecular complexity index is 3860. The fraction of sp³-hybridized carbons (Fsp3) is 0. The van der Waals surface area contributed by atoms with E-state index in [1.54, 1.807) is 0 Å². The highest BCUT2D eigenvalue weighted by Crippen LogP contribution is 2.44. The number of hydrogen-bond acceptors (Lipinski definition) is 0. The molecule has 61 heavy (non-hydrogen) atoms.